The van der Waals surface area contributed by atoms with Crippen molar-refractivity contribution in [2.75, 3.05) is 12.4 Å². The second-order valence-corrected chi connectivity index (χ2v) is 6.85. The van der Waals surface area contributed by atoms with Crippen molar-refractivity contribution < 1.29 is 23.1 Å². The molecule has 3 aromatic rings. The summed E-state index contributed by atoms with van der Waals surface area (Å²) >= 11 is 1.20. The second-order valence-electron chi connectivity index (χ2n) is 5.90. The molecule has 0 saturated heterocycles. The first-order valence-electron chi connectivity index (χ1n) is 8.73. The number of carbonyl (C=O) groups excluding carboxylic acids is 2. The maximum atomic E-state index is 13.3. The fourth-order valence-corrected chi connectivity index (χ4v) is 3.72. The molecule has 28 heavy (non-hydrogen) atoms. The van der Waals surface area contributed by atoms with Crippen molar-refractivity contribution in [2.45, 2.75) is 25.5 Å². The second kappa shape index (κ2) is 8.52. The zero-order chi connectivity index (χ0) is 20.3. The number of aromatic nitrogens is 2. The number of halogens is 2. The third-order valence-electron chi connectivity index (χ3n) is 4.11. The third kappa shape index (κ3) is 4.06. The van der Waals surface area contributed by atoms with E-state index in [1.54, 1.807) is 25.1 Å². The molecular weight excluding hydrogens is 386 g/mol. The van der Waals surface area contributed by atoms with E-state index in [4.69, 9.17) is 4.74 Å². The van der Waals surface area contributed by atoms with Crippen LogP contribution in [-0.4, -0.2) is 33.7 Å². The summed E-state index contributed by atoms with van der Waals surface area (Å²) in [5.41, 5.74) is 1.97. The van der Waals surface area contributed by atoms with Crippen LogP contribution in [0.4, 0.5) is 8.78 Å². The summed E-state index contributed by atoms with van der Waals surface area (Å²) in [7, 11) is 0. The lowest BCUT2D eigenvalue weighted by molar-refractivity contribution is 0.0526. The Hall–Kier alpha value is -2.74. The molecule has 3 rings (SSSR count). The first-order valence-corrected chi connectivity index (χ1v) is 9.71. The van der Waals surface area contributed by atoms with Gasteiger partial charge < -0.3 is 9.30 Å². The largest absolute Gasteiger partial charge is 0.462 e. The quantitative estimate of drug-likeness (QED) is 0.330. The normalized spacial score (nSPS) is 11.0. The lowest BCUT2D eigenvalue weighted by Gasteiger charge is -2.06. The minimum absolute atomic E-state index is 0.0269. The highest BCUT2D eigenvalue weighted by atomic mass is 32.2. The first kappa shape index (κ1) is 20.0. The van der Waals surface area contributed by atoms with Crippen LogP contribution in [0.5, 0.6) is 0 Å². The summed E-state index contributed by atoms with van der Waals surface area (Å²) in [4.78, 5) is 28.7. The number of imidazole rings is 1. The molecule has 146 valence electrons. The highest BCUT2D eigenvalue weighted by Crippen LogP contribution is 2.26. The number of ketones is 1. The van der Waals surface area contributed by atoms with Crippen LogP contribution >= 0.6 is 11.8 Å². The molecular formula is C20H18F2N2O3S. The molecule has 0 aliphatic heterocycles. The van der Waals surface area contributed by atoms with Gasteiger partial charge in [0.05, 0.1) is 29.0 Å². The standard InChI is InChI=1S/C20H18F2N2O3S/c1-3-24-17-8-6-13(19(26)27-4-2)10-16(17)23-20(24)28-11-18(25)12-5-7-14(21)15(22)9-12/h5-10H,3-4,11H2,1-2H3. The number of hydrogen-bond donors (Lipinski definition) is 0. The molecule has 0 N–H and O–H groups in total. The van der Waals surface area contributed by atoms with Crippen molar-refractivity contribution in [3.8, 4) is 0 Å². The fraction of sp³-hybridized carbons (Fsp3) is 0.250. The van der Waals surface area contributed by atoms with Gasteiger partial charge in [0.2, 0.25) is 0 Å². The Bertz CT molecular complexity index is 1050. The number of aryl methyl sites for hydroxylation is 1. The van der Waals surface area contributed by atoms with Gasteiger partial charge in [0, 0.05) is 12.1 Å². The predicted octanol–water partition coefficient (Wildman–Crippen LogP) is 4.49. The molecule has 0 bridgehead atoms. The van der Waals surface area contributed by atoms with Gasteiger partial charge in [-0.1, -0.05) is 11.8 Å². The van der Waals surface area contributed by atoms with E-state index in [1.165, 1.54) is 17.8 Å². The minimum atomic E-state index is -1.05. The highest BCUT2D eigenvalue weighted by Gasteiger charge is 2.16. The Kier molecular flexibility index (Phi) is 6.08. The molecule has 0 atom stereocenters. The highest BCUT2D eigenvalue weighted by molar-refractivity contribution is 7.99. The fourth-order valence-electron chi connectivity index (χ4n) is 2.75. The zero-order valence-electron chi connectivity index (χ0n) is 15.4. The summed E-state index contributed by atoms with van der Waals surface area (Å²) < 4.78 is 33.3. The molecule has 5 nitrogen and oxygen atoms in total. The molecule has 0 amide bonds. The molecule has 0 aliphatic carbocycles. The van der Waals surface area contributed by atoms with E-state index in [-0.39, 0.29) is 23.7 Å². The maximum Gasteiger partial charge on any atom is 0.338 e. The Morgan fingerprint density at radius 1 is 1.07 bits per heavy atom. The van der Waals surface area contributed by atoms with Crippen molar-refractivity contribution in [1.29, 1.82) is 0 Å². The molecule has 0 aliphatic rings. The van der Waals surface area contributed by atoms with E-state index in [0.29, 0.717) is 22.8 Å². The Morgan fingerprint density at radius 3 is 2.50 bits per heavy atom. The monoisotopic (exact) mass is 404 g/mol. The lowest BCUT2D eigenvalue weighted by Crippen LogP contribution is -2.05. The number of fused-ring (bicyclic) bond motifs is 1. The number of esters is 1. The lowest BCUT2D eigenvalue weighted by atomic mass is 10.1. The summed E-state index contributed by atoms with van der Waals surface area (Å²) in [6.45, 7) is 4.59. The van der Waals surface area contributed by atoms with Crippen molar-refractivity contribution in [3.05, 3.63) is 59.2 Å². The van der Waals surface area contributed by atoms with Crippen molar-refractivity contribution in [2.24, 2.45) is 0 Å². The molecule has 1 aromatic heterocycles. The van der Waals surface area contributed by atoms with Crippen LogP contribution in [0.1, 0.15) is 34.6 Å². The molecule has 0 saturated carbocycles. The van der Waals surface area contributed by atoms with Gasteiger partial charge in [-0.25, -0.2) is 18.6 Å². The van der Waals surface area contributed by atoms with E-state index in [0.717, 1.165) is 17.6 Å². The summed E-state index contributed by atoms with van der Waals surface area (Å²) in [6, 6.07) is 8.21. The van der Waals surface area contributed by atoms with E-state index in [1.807, 2.05) is 11.5 Å². The molecule has 0 spiro atoms. The number of carbonyl (C=O) groups is 2. The van der Waals surface area contributed by atoms with E-state index >= 15 is 0 Å². The van der Waals surface area contributed by atoms with Gasteiger partial charge in [-0.2, -0.15) is 0 Å². The van der Waals surface area contributed by atoms with Gasteiger partial charge >= 0.3 is 5.97 Å². The zero-order valence-corrected chi connectivity index (χ0v) is 16.2. The molecule has 2 aromatic carbocycles. The van der Waals surface area contributed by atoms with Crippen molar-refractivity contribution >= 4 is 34.5 Å². The summed E-state index contributed by atoms with van der Waals surface area (Å²) in [6.07, 6.45) is 0. The Morgan fingerprint density at radius 2 is 1.82 bits per heavy atom. The van der Waals surface area contributed by atoms with Crippen molar-refractivity contribution in [1.82, 2.24) is 9.55 Å². The van der Waals surface area contributed by atoms with Crippen LogP contribution in [-0.2, 0) is 11.3 Å². The molecule has 1 heterocycles. The van der Waals surface area contributed by atoms with Crippen LogP contribution in [0.15, 0.2) is 41.6 Å². The van der Waals surface area contributed by atoms with Crippen LogP contribution in [0.25, 0.3) is 11.0 Å². The van der Waals surface area contributed by atoms with Crippen molar-refractivity contribution in [3.63, 3.8) is 0 Å². The number of Topliss-reactive ketones (excluding diaryl/α,β-unsaturated/α-hetero) is 1. The van der Waals surface area contributed by atoms with Crippen LogP contribution < -0.4 is 0 Å². The third-order valence-corrected chi connectivity index (χ3v) is 5.09. The predicted molar refractivity (Wildman–Crippen MR) is 103 cm³/mol. The van der Waals surface area contributed by atoms with E-state index < -0.39 is 17.6 Å². The summed E-state index contributed by atoms with van der Waals surface area (Å²) in [5, 5.41) is 0.606. The smallest absolute Gasteiger partial charge is 0.338 e. The topological polar surface area (TPSA) is 61.2 Å². The number of thioether (sulfide) groups is 1. The maximum absolute atomic E-state index is 13.3. The van der Waals surface area contributed by atoms with Gasteiger partial charge in [0.1, 0.15) is 0 Å². The van der Waals surface area contributed by atoms with Crippen LogP contribution in [0.3, 0.4) is 0 Å². The number of rotatable bonds is 7. The van der Waals surface area contributed by atoms with Gasteiger partial charge in [-0.05, 0) is 50.2 Å². The molecule has 0 fully saturated rings. The van der Waals surface area contributed by atoms with Gasteiger partial charge in [0.15, 0.2) is 22.6 Å². The molecule has 8 heteroatoms. The number of hydrogen-bond acceptors (Lipinski definition) is 5. The van der Waals surface area contributed by atoms with Gasteiger partial charge in [0.25, 0.3) is 0 Å². The van der Waals surface area contributed by atoms with Crippen LogP contribution in [0, 0.1) is 11.6 Å². The molecule has 0 unspecified atom stereocenters. The van der Waals surface area contributed by atoms with Gasteiger partial charge in [-0.15, -0.1) is 0 Å². The minimum Gasteiger partial charge on any atom is -0.462 e. The van der Waals surface area contributed by atoms with E-state index in [2.05, 4.69) is 4.98 Å². The number of nitrogens with zero attached hydrogens (tertiary/aromatic N) is 2. The average molecular weight is 404 g/mol. The van der Waals surface area contributed by atoms with E-state index in [9.17, 15) is 18.4 Å². The van der Waals surface area contributed by atoms with Crippen LogP contribution in [0.2, 0.25) is 0 Å². The first-order chi connectivity index (χ1) is 13.4. The number of benzene rings is 2. The SMILES string of the molecule is CCOC(=O)c1ccc2c(c1)nc(SCC(=O)c1ccc(F)c(F)c1)n2CC. The van der Waals surface area contributed by atoms with Gasteiger partial charge in [-0.3, -0.25) is 4.79 Å². The number of ether oxygens (including phenoxy) is 1. The summed E-state index contributed by atoms with van der Waals surface area (Å²) in [5.74, 6) is -2.76. The average Bonchev–Trinajstić information content (AvgIpc) is 3.04. The molecule has 0 radical (unpaired) electrons. The Balaban J connectivity index is 1.82. The Labute approximate surface area is 164 Å².